The van der Waals surface area contributed by atoms with Crippen LogP contribution >= 0.6 is 0 Å². The topological polar surface area (TPSA) is 69.7 Å². The van der Waals surface area contributed by atoms with Crippen molar-refractivity contribution in [1.29, 1.82) is 0 Å². The molecule has 0 aromatic carbocycles. The lowest BCUT2D eigenvalue weighted by Crippen LogP contribution is -2.40. The van der Waals surface area contributed by atoms with Crippen LogP contribution < -0.4 is 0 Å². The largest absolute Gasteiger partial charge is 0.466 e. The van der Waals surface area contributed by atoms with Crippen molar-refractivity contribution in [2.45, 2.75) is 47.5 Å². The Morgan fingerprint density at radius 1 is 0.947 bits per heavy atom. The maximum absolute atomic E-state index is 12.0. The lowest BCUT2D eigenvalue weighted by molar-refractivity contribution is -0.157. The molecule has 5 heteroatoms. The Balaban J connectivity index is 5.14. The molecule has 0 N–H and O–H groups in total. The minimum absolute atomic E-state index is 0.0906. The molecule has 0 aliphatic carbocycles. The van der Waals surface area contributed by atoms with Gasteiger partial charge in [0.25, 0.3) is 0 Å². The number of ketones is 1. The van der Waals surface area contributed by atoms with E-state index in [1.54, 1.807) is 13.8 Å². The Morgan fingerprint density at radius 2 is 1.32 bits per heavy atom. The van der Waals surface area contributed by atoms with Gasteiger partial charge >= 0.3 is 11.9 Å². The minimum atomic E-state index is -1.04. The first-order valence-corrected chi connectivity index (χ1v) is 6.62. The molecule has 0 heterocycles. The molecule has 0 rings (SSSR count). The van der Waals surface area contributed by atoms with Crippen LogP contribution in [-0.2, 0) is 23.9 Å². The van der Waals surface area contributed by atoms with E-state index in [1.807, 2.05) is 13.8 Å². The molecule has 0 saturated carbocycles. The number of hydrogen-bond acceptors (Lipinski definition) is 5. The van der Waals surface area contributed by atoms with Gasteiger partial charge < -0.3 is 9.47 Å². The summed E-state index contributed by atoms with van der Waals surface area (Å²) in [6, 6.07) is 0. The van der Waals surface area contributed by atoms with Crippen LogP contribution in [0.2, 0.25) is 0 Å². The van der Waals surface area contributed by atoms with Gasteiger partial charge in [-0.3, -0.25) is 14.4 Å². The summed E-state index contributed by atoms with van der Waals surface area (Å²) in [5.74, 6) is -1.27. The van der Waals surface area contributed by atoms with E-state index in [4.69, 9.17) is 9.47 Å². The van der Waals surface area contributed by atoms with Crippen molar-refractivity contribution in [3.8, 4) is 0 Å². The smallest absolute Gasteiger partial charge is 0.306 e. The van der Waals surface area contributed by atoms with E-state index < -0.39 is 17.4 Å². The quantitative estimate of drug-likeness (QED) is 0.633. The number of carbonyl (C=O) groups excluding carboxylic acids is 3. The molecule has 0 bridgehead atoms. The number of esters is 2. The second kappa shape index (κ2) is 7.92. The fraction of sp³-hybridized carbons (Fsp3) is 0.786. The fourth-order valence-corrected chi connectivity index (χ4v) is 2.07. The van der Waals surface area contributed by atoms with Crippen LogP contribution in [0.5, 0.6) is 0 Å². The molecule has 0 fully saturated rings. The molecule has 0 aromatic heterocycles. The number of carbonyl (C=O) groups is 3. The third-order valence-corrected chi connectivity index (χ3v) is 3.34. The van der Waals surface area contributed by atoms with Crippen LogP contribution in [0.1, 0.15) is 47.5 Å². The highest BCUT2D eigenvalue weighted by atomic mass is 16.5. The molecule has 0 radical (unpaired) electrons. The van der Waals surface area contributed by atoms with E-state index in [0.29, 0.717) is 0 Å². The minimum Gasteiger partial charge on any atom is -0.466 e. The average Bonchev–Trinajstić information content (AvgIpc) is 2.27. The van der Waals surface area contributed by atoms with Crippen molar-refractivity contribution in [3.63, 3.8) is 0 Å². The molecule has 0 atom stereocenters. The van der Waals surface area contributed by atoms with Gasteiger partial charge in [0.1, 0.15) is 5.78 Å². The normalized spacial score (nSPS) is 11.3. The Morgan fingerprint density at radius 3 is 1.53 bits per heavy atom. The molecule has 0 saturated heterocycles. The molecule has 0 aliphatic rings. The van der Waals surface area contributed by atoms with Crippen LogP contribution in [-0.4, -0.2) is 30.9 Å². The summed E-state index contributed by atoms with van der Waals surface area (Å²) in [6.07, 6.45) is -0.181. The summed E-state index contributed by atoms with van der Waals surface area (Å²) in [5.41, 5.74) is -1.04. The highest BCUT2D eigenvalue weighted by Gasteiger charge is 2.43. The van der Waals surface area contributed by atoms with Gasteiger partial charge in [-0.2, -0.15) is 0 Å². The molecule has 0 amide bonds. The molecular formula is C14H24O5. The molecule has 0 aliphatic heterocycles. The van der Waals surface area contributed by atoms with Gasteiger partial charge in [0.05, 0.1) is 31.5 Å². The molecule has 0 unspecified atom stereocenters. The predicted octanol–water partition coefficient (Wildman–Crippen LogP) is 2.12. The van der Waals surface area contributed by atoms with E-state index in [0.717, 1.165) is 0 Å². The van der Waals surface area contributed by atoms with Gasteiger partial charge in [-0.1, -0.05) is 13.8 Å². The van der Waals surface area contributed by atoms with Crippen LogP contribution in [0.15, 0.2) is 0 Å². The fourth-order valence-electron chi connectivity index (χ4n) is 2.07. The highest BCUT2D eigenvalue weighted by Crippen LogP contribution is 2.37. The first-order valence-electron chi connectivity index (χ1n) is 6.62. The third kappa shape index (κ3) is 5.01. The highest BCUT2D eigenvalue weighted by molar-refractivity contribution is 5.91. The van der Waals surface area contributed by atoms with E-state index in [-0.39, 0.29) is 37.8 Å². The monoisotopic (exact) mass is 272 g/mol. The van der Waals surface area contributed by atoms with E-state index in [2.05, 4.69) is 0 Å². The number of hydrogen-bond donors (Lipinski definition) is 0. The van der Waals surface area contributed by atoms with Crippen LogP contribution in [0, 0.1) is 11.3 Å². The number of ether oxygens (including phenoxy) is 2. The zero-order chi connectivity index (χ0) is 15.1. The van der Waals surface area contributed by atoms with Gasteiger partial charge in [0.15, 0.2) is 0 Å². The number of rotatable bonds is 8. The predicted molar refractivity (Wildman–Crippen MR) is 70.5 cm³/mol. The standard InChI is InChI=1S/C14H24O5/c1-6-18-12(16)8-14(10(3)4,11(5)15)9-13(17)19-7-2/h10H,6-9H2,1-5H3. The second-order valence-corrected chi connectivity index (χ2v) is 4.83. The Kier molecular flexibility index (Phi) is 7.34. The number of Topliss-reactive ketones (excluding diaryl/α,β-unsaturated/α-hetero) is 1. The van der Waals surface area contributed by atoms with Gasteiger partial charge in [0.2, 0.25) is 0 Å². The average molecular weight is 272 g/mol. The Labute approximate surface area is 114 Å². The second-order valence-electron chi connectivity index (χ2n) is 4.83. The van der Waals surface area contributed by atoms with E-state index in [9.17, 15) is 14.4 Å². The third-order valence-electron chi connectivity index (χ3n) is 3.34. The van der Waals surface area contributed by atoms with Gasteiger partial charge in [-0.05, 0) is 26.7 Å². The summed E-state index contributed by atoms with van der Waals surface area (Å²) < 4.78 is 9.79. The molecule has 0 spiro atoms. The van der Waals surface area contributed by atoms with Crippen molar-refractivity contribution in [1.82, 2.24) is 0 Å². The molecule has 5 nitrogen and oxygen atoms in total. The van der Waals surface area contributed by atoms with Crippen LogP contribution in [0.3, 0.4) is 0 Å². The summed E-state index contributed by atoms with van der Waals surface area (Å²) in [6.45, 7) is 8.95. The SMILES string of the molecule is CCOC(=O)CC(CC(=O)OCC)(C(C)=O)C(C)C. The molecule has 0 aromatic rings. The molecular weight excluding hydrogens is 248 g/mol. The summed E-state index contributed by atoms with van der Waals surface area (Å²) >= 11 is 0. The van der Waals surface area contributed by atoms with Crippen molar-refractivity contribution in [2.75, 3.05) is 13.2 Å². The zero-order valence-corrected chi connectivity index (χ0v) is 12.4. The van der Waals surface area contributed by atoms with E-state index in [1.165, 1.54) is 6.92 Å². The van der Waals surface area contributed by atoms with Gasteiger partial charge in [-0.25, -0.2) is 0 Å². The van der Waals surface area contributed by atoms with Crippen molar-refractivity contribution in [3.05, 3.63) is 0 Å². The first kappa shape index (κ1) is 17.6. The first-order chi connectivity index (χ1) is 8.80. The van der Waals surface area contributed by atoms with Crippen molar-refractivity contribution in [2.24, 2.45) is 11.3 Å². The van der Waals surface area contributed by atoms with Crippen molar-refractivity contribution < 1.29 is 23.9 Å². The Hall–Kier alpha value is -1.39. The van der Waals surface area contributed by atoms with Gasteiger partial charge in [0, 0.05) is 0 Å². The summed E-state index contributed by atoms with van der Waals surface area (Å²) in [7, 11) is 0. The molecule has 110 valence electrons. The summed E-state index contributed by atoms with van der Waals surface area (Å²) in [5, 5.41) is 0. The van der Waals surface area contributed by atoms with Crippen molar-refractivity contribution >= 4 is 17.7 Å². The zero-order valence-electron chi connectivity index (χ0n) is 12.4. The lowest BCUT2D eigenvalue weighted by Gasteiger charge is -2.33. The van der Waals surface area contributed by atoms with Crippen LogP contribution in [0.4, 0.5) is 0 Å². The molecule has 19 heavy (non-hydrogen) atoms. The lowest BCUT2D eigenvalue weighted by atomic mass is 9.69. The van der Waals surface area contributed by atoms with Crippen LogP contribution in [0.25, 0.3) is 0 Å². The maximum atomic E-state index is 12.0. The maximum Gasteiger partial charge on any atom is 0.306 e. The van der Waals surface area contributed by atoms with Gasteiger partial charge in [-0.15, -0.1) is 0 Å². The Bertz CT molecular complexity index is 313. The summed E-state index contributed by atoms with van der Waals surface area (Å²) in [4.78, 5) is 35.3. The van der Waals surface area contributed by atoms with E-state index >= 15 is 0 Å².